The van der Waals surface area contributed by atoms with Crippen molar-refractivity contribution < 1.29 is 4.74 Å². The topological polar surface area (TPSA) is 21.3 Å². The third-order valence-electron chi connectivity index (χ3n) is 2.92. The third kappa shape index (κ3) is 2.73. The van der Waals surface area contributed by atoms with Crippen LogP contribution in [0, 0.1) is 5.92 Å². The van der Waals surface area contributed by atoms with E-state index in [1.807, 2.05) is 6.07 Å². The molecule has 0 amide bonds. The molecule has 0 radical (unpaired) electrons. The highest BCUT2D eigenvalue weighted by molar-refractivity contribution is 9.10. The molecule has 3 heteroatoms. The highest BCUT2D eigenvalue weighted by Gasteiger charge is 2.16. The molecule has 0 bridgehead atoms. The van der Waals surface area contributed by atoms with E-state index in [1.54, 1.807) is 7.11 Å². The normalized spacial score (nSPS) is 20.5. The van der Waals surface area contributed by atoms with E-state index in [4.69, 9.17) is 4.74 Å². The van der Waals surface area contributed by atoms with E-state index in [9.17, 15) is 0 Å². The van der Waals surface area contributed by atoms with Crippen LogP contribution in [0.25, 0.3) is 0 Å². The quantitative estimate of drug-likeness (QED) is 0.911. The zero-order chi connectivity index (χ0) is 10.7. The standard InChI is InChI=1S/C12H16BrNO/c1-15-11-2-3-12(13)10(7-11)6-9-4-5-14-8-9/h2-3,7,9,14H,4-6,8H2,1H3. The predicted octanol–water partition coefficient (Wildman–Crippen LogP) is 2.61. The second-order valence-electron chi connectivity index (χ2n) is 4.02. The van der Waals surface area contributed by atoms with E-state index in [0.29, 0.717) is 0 Å². The summed E-state index contributed by atoms with van der Waals surface area (Å²) in [4.78, 5) is 0. The van der Waals surface area contributed by atoms with Crippen molar-refractivity contribution in [3.05, 3.63) is 28.2 Å². The second-order valence-corrected chi connectivity index (χ2v) is 4.87. The van der Waals surface area contributed by atoms with Gasteiger partial charge in [-0.05, 0) is 55.6 Å². The molecule has 1 unspecified atom stereocenters. The van der Waals surface area contributed by atoms with Crippen molar-refractivity contribution in [3.63, 3.8) is 0 Å². The first-order valence-electron chi connectivity index (χ1n) is 5.32. The van der Waals surface area contributed by atoms with E-state index < -0.39 is 0 Å². The Morgan fingerprint density at radius 2 is 2.40 bits per heavy atom. The van der Waals surface area contributed by atoms with Crippen LogP contribution in [0.3, 0.4) is 0 Å². The van der Waals surface area contributed by atoms with Gasteiger partial charge in [0, 0.05) is 4.47 Å². The zero-order valence-corrected chi connectivity index (χ0v) is 10.5. The Hall–Kier alpha value is -0.540. The number of ether oxygens (including phenoxy) is 1. The molecule has 2 nitrogen and oxygen atoms in total. The lowest BCUT2D eigenvalue weighted by Crippen LogP contribution is -2.11. The van der Waals surface area contributed by atoms with Crippen LogP contribution >= 0.6 is 15.9 Å². The SMILES string of the molecule is COc1ccc(Br)c(CC2CCNC2)c1. The van der Waals surface area contributed by atoms with Crippen molar-refractivity contribution >= 4 is 15.9 Å². The lowest BCUT2D eigenvalue weighted by molar-refractivity contribution is 0.413. The van der Waals surface area contributed by atoms with Gasteiger partial charge in [-0.1, -0.05) is 15.9 Å². The van der Waals surface area contributed by atoms with Gasteiger partial charge in [-0.25, -0.2) is 0 Å². The van der Waals surface area contributed by atoms with Crippen LogP contribution < -0.4 is 10.1 Å². The first-order chi connectivity index (χ1) is 7.29. The number of hydrogen-bond acceptors (Lipinski definition) is 2. The van der Waals surface area contributed by atoms with E-state index in [-0.39, 0.29) is 0 Å². The van der Waals surface area contributed by atoms with Crippen LogP contribution in [0.2, 0.25) is 0 Å². The summed E-state index contributed by atoms with van der Waals surface area (Å²) >= 11 is 3.59. The molecule has 1 aromatic rings. The number of halogens is 1. The van der Waals surface area contributed by atoms with Gasteiger partial charge < -0.3 is 10.1 Å². The fourth-order valence-electron chi connectivity index (χ4n) is 2.03. The summed E-state index contributed by atoms with van der Waals surface area (Å²) in [7, 11) is 1.71. The molecule has 1 aromatic carbocycles. The van der Waals surface area contributed by atoms with E-state index in [0.717, 1.165) is 31.2 Å². The zero-order valence-electron chi connectivity index (χ0n) is 8.92. The Balaban J connectivity index is 2.11. The summed E-state index contributed by atoms with van der Waals surface area (Å²) in [5, 5.41) is 3.39. The van der Waals surface area contributed by atoms with E-state index in [2.05, 4.69) is 33.4 Å². The number of hydrogen-bond donors (Lipinski definition) is 1. The van der Waals surface area contributed by atoms with Crippen molar-refractivity contribution in [2.24, 2.45) is 5.92 Å². The maximum Gasteiger partial charge on any atom is 0.119 e. The summed E-state index contributed by atoms with van der Waals surface area (Å²) in [6.07, 6.45) is 2.41. The Labute approximate surface area is 99.1 Å². The van der Waals surface area contributed by atoms with Gasteiger partial charge in [0.05, 0.1) is 7.11 Å². The van der Waals surface area contributed by atoms with E-state index in [1.165, 1.54) is 16.5 Å². The largest absolute Gasteiger partial charge is 0.497 e. The Morgan fingerprint density at radius 3 is 3.07 bits per heavy atom. The van der Waals surface area contributed by atoms with Crippen LogP contribution in [0.4, 0.5) is 0 Å². The molecule has 0 spiro atoms. The molecule has 0 aromatic heterocycles. The number of nitrogens with one attached hydrogen (secondary N) is 1. The minimum Gasteiger partial charge on any atom is -0.497 e. The number of benzene rings is 1. The molecule has 1 aliphatic heterocycles. The molecule has 0 saturated carbocycles. The molecule has 0 aliphatic carbocycles. The maximum atomic E-state index is 5.24. The molecule has 1 fully saturated rings. The van der Waals surface area contributed by atoms with Crippen molar-refractivity contribution in [3.8, 4) is 5.75 Å². The van der Waals surface area contributed by atoms with Crippen LogP contribution in [-0.2, 0) is 6.42 Å². The van der Waals surface area contributed by atoms with Crippen LogP contribution in [-0.4, -0.2) is 20.2 Å². The fraction of sp³-hybridized carbons (Fsp3) is 0.500. The van der Waals surface area contributed by atoms with Crippen molar-refractivity contribution in [1.29, 1.82) is 0 Å². The monoisotopic (exact) mass is 269 g/mol. The van der Waals surface area contributed by atoms with Crippen LogP contribution in [0.1, 0.15) is 12.0 Å². The van der Waals surface area contributed by atoms with Gasteiger partial charge in [-0.3, -0.25) is 0 Å². The molecule has 1 heterocycles. The summed E-state index contributed by atoms with van der Waals surface area (Å²) in [6.45, 7) is 2.30. The summed E-state index contributed by atoms with van der Waals surface area (Å²) in [5.74, 6) is 1.72. The molecule has 1 saturated heterocycles. The average Bonchev–Trinajstić information content (AvgIpc) is 2.74. The van der Waals surface area contributed by atoms with Gasteiger partial charge in [0.15, 0.2) is 0 Å². The van der Waals surface area contributed by atoms with Crippen molar-refractivity contribution in [2.75, 3.05) is 20.2 Å². The lowest BCUT2D eigenvalue weighted by Gasteiger charge is -2.11. The minimum absolute atomic E-state index is 0.772. The lowest BCUT2D eigenvalue weighted by atomic mass is 9.99. The van der Waals surface area contributed by atoms with Gasteiger partial charge in [0.1, 0.15) is 5.75 Å². The molecule has 2 rings (SSSR count). The third-order valence-corrected chi connectivity index (χ3v) is 3.70. The van der Waals surface area contributed by atoms with Gasteiger partial charge in [-0.15, -0.1) is 0 Å². The van der Waals surface area contributed by atoms with Gasteiger partial charge in [0.25, 0.3) is 0 Å². The number of rotatable bonds is 3. The molecule has 1 atom stereocenters. The van der Waals surface area contributed by atoms with Crippen molar-refractivity contribution in [1.82, 2.24) is 5.32 Å². The average molecular weight is 270 g/mol. The van der Waals surface area contributed by atoms with Gasteiger partial charge in [0.2, 0.25) is 0 Å². The highest BCUT2D eigenvalue weighted by atomic mass is 79.9. The summed E-state index contributed by atoms with van der Waals surface area (Å²) in [6, 6.07) is 6.18. The first kappa shape index (κ1) is 11.0. The first-order valence-corrected chi connectivity index (χ1v) is 6.12. The van der Waals surface area contributed by atoms with Crippen LogP contribution in [0.15, 0.2) is 22.7 Å². The summed E-state index contributed by atoms with van der Waals surface area (Å²) < 4.78 is 6.43. The maximum absolute atomic E-state index is 5.24. The predicted molar refractivity (Wildman–Crippen MR) is 65.4 cm³/mol. The molecular weight excluding hydrogens is 254 g/mol. The number of methoxy groups -OCH3 is 1. The second kappa shape index (κ2) is 4.99. The Kier molecular flexibility index (Phi) is 3.65. The highest BCUT2D eigenvalue weighted by Crippen LogP contribution is 2.26. The van der Waals surface area contributed by atoms with Crippen LogP contribution in [0.5, 0.6) is 5.75 Å². The van der Waals surface area contributed by atoms with Crippen molar-refractivity contribution in [2.45, 2.75) is 12.8 Å². The minimum atomic E-state index is 0.772. The van der Waals surface area contributed by atoms with Gasteiger partial charge in [-0.2, -0.15) is 0 Å². The Morgan fingerprint density at radius 1 is 1.53 bits per heavy atom. The molecule has 1 aliphatic rings. The Bertz CT molecular complexity index is 334. The molecular formula is C12H16BrNO. The molecule has 1 N–H and O–H groups in total. The van der Waals surface area contributed by atoms with Gasteiger partial charge >= 0.3 is 0 Å². The van der Waals surface area contributed by atoms with E-state index >= 15 is 0 Å². The smallest absolute Gasteiger partial charge is 0.119 e. The molecule has 15 heavy (non-hydrogen) atoms. The fourth-order valence-corrected chi connectivity index (χ4v) is 2.44. The molecule has 82 valence electrons. The summed E-state index contributed by atoms with van der Waals surface area (Å²) in [5.41, 5.74) is 1.35.